The van der Waals surface area contributed by atoms with E-state index in [1.54, 1.807) is 10.7 Å². The Morgan fingerprint density at radius 3 is 1.70 bits per heavy atom. The third kappa shape index (κ3) is 5.88. The first-order valence-electron chi connectivity index (χ1n) is 9.39. The molecule has 0 radical (unpaired) electrons. The van der Waals surface area contributed by atoms with Crippen LogP contribution in [0.2, 0.25) is 13.3 Å². The van der Waals surface area contributed by atoms with Gasteiger partial charge in [-0.25, -0.2) is 0 Å². The van der Waals surface area contributed by atoms with Crippen LogP contribution in [0.25, 0.3) is 0 Å². The quantitative estimate of drug-likeness (QED) is 0.395. The van der Waals surface area contributed by atoms with E-state index >= 15 is 0 Å². The number of ether oxygens (including phenoxy) is 2. The number of hydrogen-bond donors (Lipinski definition) is 0. The van der Waals surface area contributed by atoms with Gasteiger partial charge in [-0.05, 0) is 0 Å². The standard InChI is InChI=1S/C8H9O2.3C4H9.Sn/c1-9-7-4-3-5-8(6-7)10-2;3*1-3-4-2;/h3-4,6H,1-2H3;3*1,3-4H2,2H3;. The summed E-state index contributed by atoms with van der Waals surface area (Å²) in [5.74, 6) is 2.00. The van der Waals surface area contributed by atoms with Crippen molar-refractivity contribution in [3.8, 4) is 11.5 Å². The number of unbranched alkanes of at least 4 members (excludes halogenated alkanes) is 3. The van der Waals surface area contributed by atoms with Crippen LogP contribution in [0.3, 0.4) is 0 Å². The van der Waals surface area contributed by atoms with E-state index in [4.69, 9.17) is 9.47 Å². The minimum absolute atomic E-state index is 0.910. The molecule has 0 aromatic heterocycles. The van der Waals surface area contributed by atoms with Crippen LogP contribution in [0.4, 0.5) is 0 Å². The fourth-order valence-electron chi connectivity index (χ4n) is 3.56. The van der Waals surface area contributed by atoms with Crippen molar-refractivity contribution in [2.75, 3.05) is 14.2 Å². The van der Waals surface area contributed by atoms with Crippen molar-refractivity contribution in [1.29, 1.82) is 0 Å². The zero-order valence-electron chi connectivity index (χ0n) is 15.9. The Morgan fingerprint density at radius 1 is 0.783 bits per heavy atom. The number of methoxy groups -OCH3 is 2. The van der Waals surface area contributed by atoms with Crippen molar-refractivity contribution in [3.63, 3.8) is 0 Å². The number of benzene rings is 1. The summed E-state index contributed by atoms with van der Waals surface area (Å²) in [5.41, 5.74) is 0. The van der Waals surface area contributed by atoms with E-state index < -0.39 is 18.4 Å². The molecule has 0 aliphatic carbocycles. The van der Waals surface area contributed by atoms with Gasteiger partial charge in [0.1, 0.15) is 0 Å². The molecule has 3 heteroatoms. The van der Waals surface area contributed by atoms with Crippen molar-refractivity contribution in [2.24, 2.45) is 0 Å². The van der Waals surface area contributed by atoms with Crippen LogP contribution in [0, 0.1) is 0 Å². The molecule has 0 amide bonds. The molecule has 132 valence electrons. The summed E-state index contributed by atoms with van der Waals surface area (Å²) in [7, 11) is 3.55. The Labute approximate surface area is 147 Å². The van der Waals surface area contributed by atoms with Gasteiger partial charge in [-0.1, -0.05) is 0 Å². The summed E-state index contributed by atoms with van der Waals surface area (Å²) in [4.78, 5) is 0. The summed E-state index contributed by atoms with van der Waals surface area (Å²) in [6.45, 7) is 6.96. The van der Waals surface area contributed by atoms with E-state index in [-0.39, 0.29) is 0 Å². The molecule has 1 rings (SSSR count). The zero-order valence-corrected chi connectivity index (χ0v) is 18.8. The van der Waals surface area contributed by atoms with Gasteiger partial charge in [-0.3, -0.25) is 0 Å². The molecular formula is C20H36O2Sn. The van der Waals surface area contributed by atoms with Gasteiger partial charge >= 0.3 is 148 Å². The molecule has 23 heavy (non-hydrogen) atoms. The van der Waals surface area contributed by atoms with Crippen LogP contribution >= 0.6 is 0 Å². The summed E-state index contributed by atoms with van der Waals surface area (Å²) in [5, 5.41) is 0. The summed E-state index contributed by atoms with van der Waals surface area (Å²) in [6, 6.07) is 6.59. The van der Waals surface area contributed by atoms with Crippen LogP contribution in [-0.4, -0.2) is 32.6 Å². The molecule has 0 atom stereocenters. The molecule has 2 nitrogen and oxygen atoms in total. The fourth-order valence-corrected chi connectivity index (χ4v) is 20.1. The summed E-state index contributed by atoms with van der Waals surface area (Å²) in [6.07, 6.45) is 8.02. The molecule has 0 saturated heterocycles. The minimum atomic E-state index is -2.42. The maximum atomic E-state index is 5.81. The van der Waals surface area contributed by atoms with Gasteiger partial charge in [0.15, 0.2) is 0 Å². The second kappa shape index (κ2) is 11.2. The molecule has 0 fully saturated rings. The molecule has 0 unspecified atom stereocenters. The Bertz CT molecular complexity index is 423. The van der Waals surface area contributed by atoms with Crippen molar-refractivity contribution in [2.45, 2.75) is 72.6 Å². The van der Waals surface area contributed by atoms with Crippen molar-refractivity contribution < 1.29 is 9.47 Å². The number of hydrogen-bond acceptors (Lipinski definition) is 2. The Kier molecular flexibility index (Phi) is 10.1. The van der Waals surface area contributed by atoms with E-state index in [1.165, 1.54) is 51.8 Å². The van der Waals surface area contributed by atoms with Crippen molar-refractivity contribution >= 4 is 22.0 Å². The van der Waals surface area contributed by atoms with Gasteiger partial charge in [0.05, 0.1) is 0 Å². The van der Waals surface area contributed by atoms with E-state index in [0.717, 1.165) is 11.5 Å². The summed E-state index contributed by atoms with van der Waals surface area (Å²) >= 11 is -2.42. The van der Waals surface area contributed by atoms with Gasteiger partial charge in [0, 0.05) is 0 Å². The van der Waals surface area contributed by atoms with Crippen LogP contribution in [0.15, 0.2) is 18.2 Å². The molecule has 0 saturated carbocycles. The maximum absolute atomic E-state index is 5.81. The van der Waals surface area contributed by atoms with Gasteiger partial charge in [-0.15, -0.1) is 0 Å². The molecule has 0 spiro atoms. The van der Waals surface area contributed by atoms with E-state index in [1.807, 2.05) is 7.11 Å². The SMILES string of the molecule is CCC[CH2][Sn]([CH2]CCC)([CH2]CCC)[c]1ccc(OC)cc1OC. The van der Waals surface area contributed by atoms with Crippen LogP contribution < -0.4 is 13.1 Å². The molecule has 0 heterocycles. The Morgan fingerprint density at radius 2 is 1.30 bits per heavy atom. The third-order valence-electron chi connectivity index (χ3n) is 5.01. The molecular weight excluding hydrogens is 391 g/mol. The van der Waals surface area contributed by atoms with E-state index in [0.29, 0.717) is 0 Å². The second-order valence-electron chi connectivity index (χ2n) is 6.66. The summed E-state index contributed by atoms with van der Waals surface area (Å²) < 4.78 is 17.2. The monoisotopic (exact) mass is 428 g/mol. The van der Waals surface area contributed by atoms with Crippen LogP contribution in [0.1, 0.15) is 59.3 Å². The van der Waals surface area contributed by atoms with E-state index in [9.17, 15) is 0 Å². The van der Waals surface area contributed by atoms with Crippen molar-refractivity contribution in [1.82, 2.24) is 0 Å². The van der Waals surface area contributed by atoms with Gasteiger partial charge in [0.25, 0.3) is 0 Å². The molecule has 1 aromatic carbocycles. The zero-order chi connectivity index (χ0) is 17.1. The first-order valence-corrected chi connectivity index (χ1v) is 16.9. The molecule has 0 N–H and O–H groups in total. The van der Waals surface area contributed by atoms with Crippen LogP contribution in [-0.2, 0) is 0 Å². The Balaban J connectivity index is 3.27. The topological polar surface area (TPSA) is 18.5 Å². The normalized spacial score (nSPS) is 11.5. The first-order chi connectivity index (χ1) is 11.2. The van der Waals surface area contributed by atoms with E-state index in [2.05, 4.69) is 39.0 Å². The second-order valence-corrected chi connectivity index (χ2v) is 19.8. The Hall–Kier alpha value is -0.381. The fraction of sp³-hybridized carbons (Fsp3) is 0.700. The molecule has 1 aromatic rings. The van der Waals surface area contributed by atoms with Gasteiger partial charge < -0.3 is 0 Å². The average molecular weight is 427 g/mol. The molecule has 0 aliphatic heterocycles. The number of rotatable bonds is 12. The van der Waals surface area contributed by atoms with Gasteiger partial charge in [-0.2, -0.15) is 0 Å². The first kappa shape index (κ1) is 20.7. The van der Waals surface area contributed by atoms with Crippen LogP contribution in [0.5, 0.6) is 11.5 Å². The third-order valence-corrected chi connectivity index (χ3v) is 20.7. The molecule has 0 aliphatic rings. The predicted molar refractivity (Wildman–Crippen MR) is 104 cm³/mol. The molecule has 0 bridgehead atoms. The van der Waals surface area contributed by atoms with Crippen molar-refractivity contribution in [3.05, 3.63) is 18.2 Å². The average Bonchev–Trinajstić information content (AvgIpc) is 2.61. The predicted octanol–water partition coefficient (Wildman–Crippen LogP) is 5.76. The van der Waals surface area contributed by atoms with Gasteiger partial charge in [0.2, 0.25) is 0 Å².